The summed E-state index contributed by atoms with van der Waals surface area (Å²) in [5, 5.41) is 7.37. The first-order chi connectivity index (χ1) is 12.6. The van der Waals surface area contributed by atoms with E-state index in [1.807, 2.05) is 48.9 Å². The fraction of sp³-hybridized carbons (Fsp3) is 0.250. The molecule has 1 aromatic carbocycles. The molecular formula is C20H20N4O2. The van der Waals surface area contributed by atoms with E-state index in [0.29, 0.717) is 18.7 Å². The predicted molar refractivity (Wildman–Crippen MR) is 97.6 cm³/mol. The highest BCUT2D eigenvalue weighted by atomic mass is 16.5. The van der Waals surface area contributed by atoms with E-state index in [4.69, 9.17) is 4.74 Å². The number of amides is 1. The van der Waals surface area contributed by atoms with Crippen molar-refractivity contribution in [3.63, 3.8) is 0 Å². The minimum atomic E-state index is -0.0951. The number of nitrogens with zero attached hydrogens (tertiary/aromatic N) is 3. The predicted octanol–water partition coefficient (Wildman–Crippen LogP) is 2.75. The van der Waals surface area contributed by atoms with Crippen LogP contribution in [0, 0.1) is 13.8 Å². The van der Waals surface area contributed by atoms with Gasteiger partial charge in [-0.05, 0) is 55.3 Å². The summed E-state index contributed by atoms with van der Waals surface area (Å²) in [5.41, 5.74) is 4.68. The van der Waals surface area contributed by atoms with Crippen molar-refractivity contribution in [3.8, 4) is 11.6 Å². The van der Waals surface area contributed by atoms with E-state index in [2.05, 4.69) is 15.4 Å². The summed E-state index contributed by atoms with van der Waals surface area (Å²) in [5.74, 6) is 1.55. The number of rotatable bonds is 4. The molecule has 132 valence electrons. The summed E-state index contributed by atoms with van der Waals surface area (Å²) in [6.45, 7) is 5.07. The first-order valence-corrected chi connectivity index (χ1v) is 8.62. The molecule has 2 aromatic heterocycles. The van der Waals surface area contributed by atoms with E-state index in [9.17, 15) is 4.79 Å². The van der Waals surface area contributed by atoms with Crippen molar-refractivity contribution in [2.24, 2.45) is 0 Å². The van der Waals surface area contributed by atoms with Gasteiger partial charge in [-0.2, -0.15) is 5.10 Å². The molecule has 0 unspecified atom stereocenters. The molecular weight excluding hydrogens is 328 g/mol. The average molecular weight is 348 g/mol. The van der Waals surface area contributed by atoms with Crippen LogP contribution in [0.1, 0.15) is 32.9 Å². The van der Waals surface area contributed by atoms with Crippen LogP contribution in [0.15, 0.2) is 42.6 Å². The lowest BCUT2D eigenvalue weighted by molar-refractivity contribution is 0.0951. The van der Waals surface area contributed by atoms with Crippen molar-refractivity contribution in [2.75, 3.05) is 6.61 Å². The monoisotopic (exact) mass is 348 g/mol. The van der Waals surface area contributed by atoms with Gasteiger partial charge in [0.25, 0.3) is 5.91 Å². The van der Waals surface area contributed by atoms with Gasteiger partial charge in [-0.15, -0.1) is 0 Å². The number of hydrogen-bond acceptors (Lipinski definition) is 4. The molecule has 1 aliphatic rings. The lowest BCUT2D eigenvalue weighted by atomic mass is 10.1. The van der Waals surface area contributed by atoms with Gasteiger partial charge in [-0.3, -0.25) is 4.79 Å². The van der Waals surface area contributed by atoms with Gasteiger partial charge in [0.05, 0.1) is 12.3 Å². The molecule has 0 radical (unpaired) electrons. The number of hydrogen-bond donors (Lipinski definition) is 1. The summed E-state index contributed by atoms with van der Waals surface area (Å²) in [7, 11) is 0. The second-order valence-corrected chi connectivity index (χ2v) is 6.47. The van der Waals surface area contributed by atoms with Crippen LogP contribution in [0.5, 0.6) is 5.75 Å². The molecule has 1 amide bonds. The molecule has 3 heterocycles. The van der Waals surface area contributed by atoms with E-state index >= 15 is 0 Å². The first-order valence-electron chi connectivity index (χ1n) is 8.62. The maximum Gasteiger partial charge on any atom is 0.251 e. The number of nitrogens with one attached hydrogen (secondary N) is 1. The van der Waals surface area contributed by atoms with Crippen LogP contribution in [0.4, 0.5) is 0 Å². The molecule has 0 fully saturated rings. The number of fused-ring (bicyclic) bond motifs is 1. The average Bonchev–Trinajstić information content (AvgIpc) is 3.25. The van der Waals surface area contributed by atoms with Crippen LogP contribution < -0.4 is 10.1 Å². The van der Waals surface area contributed by atoms with Crippen molar-refractivity contribution in [1.82, 2.24) is 20.1 Å². The zero-order valence-electron chi connectivity index (χ0n) is 14.8. The Morgan fingerprint density at radius 1 is 1.23 bits per heavy atom. The normalized spacial score (nSPS) is 12.5. The van der Waals surface area contributed by atoms with Crippen LogP contribution in [-0.4, -0.2) is 27.3 Å². The van der Waals surface area contributed by atoms with Crippen molar-refractivity contribution >= 4 is 5.91 Å². The topological polar surface area (TPSA) is 69.0 Å². The molecule has 6 heteroatoms. The van der Waals surface area contributed by atoms with E-state index in [1.165, 1.54) is 0 Å². The Morgan fingerprint density at radius 2 is 2.12 bits per heavy atom. The van der Waals surface area contributed by atoms with Gasteiger partial charge in [0, 0.05) is 30.4 Å². The lowest BCUT2D eigenvalue weighted by Gasteiger charge is -2.08. The standard InChI is InChI=1S/C20H20N4O2/c1-13-9-14(2)24(23-13)19-6-3-15(11-21-19)12-22-20(25)17-4-5-18-16(10-17)7-8-26-18/h3-6,9-11H,7-8,12H2,1-2H3,(H,22,25). The highest BCUT2D eigenvalue weighted by Crippen LogP contribution is 2.25. The third-order valence-corrected chi connectivity index (χ3v) is 4.44. The van der Waals surface area contributed by atoms with E-state index < -0.39 is 0 Å². The quantitative estimate of drug-likeness (QED) is 0.787. The highest BCUT2D eigenvalue weighted by molar-refractivity contribution is 5.94. The van der Waals surface area contributed by atoms with Gasteiger partial charge in [0.2, 0.25) is 0 Å². The lowest BCUT2D eigenvalue weighted by Crippen LogP contribution is -2.23. The molecule has 0 atom stereocenters. The molecule has 0 saturated heterocycles. The smallest absolute Gasteiger partial charge is 0.251 e. The number of aryl methyl sites for hydroxylation is 2. The zero-order chi connectivity index (χ0) is 18.1. The van der Waals surface area contributed by atoms with E-state index in [0.717, 1.165) is 40.5 Å². The summed E-state index contributed by atoms with van der Waals surface area (Å²) in [6.07, 6.45) is 2.62. The molecule has 1 aliphatic heterocycles. The van der Waals surface area contributed by atoms with Crippen LogP contribution in [0.25, 0.3) is 5.82 Å². The molecule has 1 N–H and O–H groups in total. The summed E-state index contributed by atoms with van der Waals surface area (Å²) >= 11 is 0. The second kappa shape index (κ2) is 6.63. The van der Waals surface area contributed by atoms with Gasteiger partial charge in [0.1, 0.15) is 5.75 Å². The largest absolute Gasteiger partial charge is 0.493 e. The van der Waals surface area contributed by atoms with Gasteiger partial charge in [0.15, 0.2) is 5.82 Å². The molecule has 4 rings (SSSR count). The molecule has 0 saturated carbocycles. The Morgan fingerprint density at radius 3 is 2.85 bits per heavy atom. The number of carbonyl (C=O) groups excluding carboxylic acids is 1. The summed E-state index contributed by atoms with van der Waals surface area (Å²) in [4.78, 5) is 16.8. The number of ether oxygens (including phenoxy) is 1. The Hall–Kier alpha value is -3.15. The number of aromatic nitrogens is 3. The fourth-order valence-corrected chi connectivity index (χ4v) is 3.12. The molecule has 0 spiro atoms. The number of carbonyl (C=O) groups is 1. The van der Waals surface area contributed by atoms with E-state index in [-0.39, 0.29) is 5.91 Å². The maximum atomic E-state index is 12.4. The number of pyridine rings is 1. The van der Waals surface area contributed by atoms with Crippen molar-refractivity contribution in [3.05, 3.63) is 70.7 Å². The van der Waals surface area contributed by atoms with Crippen molar-refractivity contribution in [1.29, 1.82) is 0 Å². The minimum Gasteiger partial charge on any atom is -0.493 e. The van der Waals surface area contributed by atoms with Crippen molar-refractivity contribution in [2.45, 2.75) is 26.8 Å². The third kappa shape index (κ3) is 3.18. The van der Waals surface area contributed by atoms with Crippen molar-refractivity contribution < 1.29 is 9.53 Å². The fourth-order valence-electron chi connectivity index (χ4n) is 3.12. The van der Waals surface area contributed by atoms with Gasteiger partial charge in [-0.1, -0.05) is 6.07 Å². The van der Waals surface area contributed by atoms with Crippen LogP contribution in [-0.2, 0) is 13.0 Å². The summed E-state index contributed by atoms with van der Waals surface area (Å²) in [6, 6.07) is 11.4. The van der Waals surface area contributed by atoms with Gasteiger partial charge < -0.3 is 10.1 Å². The van der Waals surface area contributed by atoms with Crippen LogP contribution in [0.2, 0.25) is 0 Å². The summed E-state index contributed by atoms with van der Waals surface area (Å²) < 4.78 is 7.28. The zero-order valence-corrected chi connectivity index (χ0v) is 14.8. The Labute approximate surface area is 151 Å². The molecule has 6 nitrogen and oxygen atoms in total. The SMILES string of the molecule is Cc1cc(C)n(-c2ccc(CNC(=O)c3ccc4c(c3)CCO4)cn2)n1. The van der Waals surface area contributed by atoms with Crippen LogP contribution >= 0.6 is 0 Å². The minimum absolute atomic E-state index is 0.0951. The Kier molecular flexibility index (Phi) is 4.16. The molecule has 26 heavy (non-hydrogen) atoms. The van der Waals surface area contributed by atoms with E-state index in [1.54, 1.807) is 12.3 Å². The first kappa shape index (κ1) is 16.3. The second-order valence-electron chi connectivity index (χ2n) is 6.47. The number of benzene rings is 1. The molecule has 0 aliphatic carbocycles. The Balaban J connectivity index is 1.41. The molecule has 3 aromatic rings. The highest BCUT2D eigenvalue weighted by Gasteiger charge is 2.15. The molecule has 0 bridgehead atoms. The third-order valence-electron chi connectivity index (χ3n) is 4.44. The van der Waals surface area contributed by atoms with Crippen LogP contribution in [0.3, 0.4) is 0 Å². The van der Waals surface area contributed by atoms with Gasteiger partial charge >= 0.3 is 0 Å². The Bertz CT molecular complexity index is 960. The maximum absolute atomic E-state index is 12.4. The van der Waals surface area contributed by atoms with Gasteiger partial charge in [-0.25, -0.2) is 9.67 Å².